The quantitative estimate of drug-likeness (QED) is 0.784. The third kappa shape index (κ3) is 1.89. The normalized spacial score (nSPS) is 21.7. The summed E-state index contributed by atoms with van der Waals surface area (Å²) in [7, 11) is 0. The van der Waals surface area contributed by atoms with Gasteiger partial charge in [0.25, 0.3) is 0 Å². The van der Waals surface area contributed by atoms with Crippen molar-refractivity contribution in [2.75, 3.05) is 13.2 Å². The fraction of sp³-hybridized carbons (Fsp3) is 0.556. The zero-order valence-electron chi connectivity index (χ0n) is 7.25. The van der Waals surface area contributed by atoms with Crippen molar-refractivity contribution in [3.05, 3.63) is 21.3 Å². The van der Waals surface area contributed by atoms with Crippen molar-refractivity contribution in [2.24, 2.45) is 5.73 Å². The zero-order valence-corrected chi connectivity index (χ0v) is 8.83. The molecule has 13 heavy (non-hydrogen) atoms. The highest BCUT2D eigenvalue weighted by atomic mass is 35.5. The fourth-order valence-electron chi connectivity index (χ4n) is 1.56. The van der Waals surface area contributed by atoms with Gasteiger partial charge in [-0.1, -0.05) is 11.6 Å². The summed E-state index contributed by atoms with van der Waals surface area (Å²) in [6.07, 6.45) is 1.79. The molecule has 1 aliphatic heterocycles. The van der Waals surface area contributed by atoms with Gasteiger partial charge >= 0.3 is 0 Å². The molecule has 0 radical (unpaired) electrons. The summed E-state index contributed by atoms with van der Waals surface area (Å²) >= 11 is 7.45. The summed E-state index contributed by atoms with van der Waals surface area (Å²) in [5.41, 5.74) is 6.07. The fourth-order valence-corrected chi connectivity index (χ4v) is 2.77. The molecule has 2 heterocycles. The lowest BCUT2D eigenvalue weighted by Crippen LogP contribution is -2.41. The Bertz CT molecular complexity index is 294. The van der Waals surface area contributed by atoms with Crippen LogP contribution in [0.4, 0.5) is 0 Å². The summed E-state index contributed by atoms with van der Waals surface area (Å²) in [6.45, 7) is 1.51. The molecule has 1 aliphatic rings. The van der Waals surface area contributed by atoms with E-state index in [1.54, 1.807) is 11.3 Å². The second-order valence-corrected chi connectivity index (χ2v) is 5.09. The van der Waals surface area contributed by atoms with Crippen molar-refractivity contribution in [1.29, 1.82) is 0 Å². The van der Waals surface area contributed by atoms with E-state index >= 15 is 0 Å². The SMILES string of the molecule is NC1(c2ccc(Cl)s2)CCOCC1. The van der Waals surface area contributed by atoms with E-state index < -0.39 is 0 Å². The molecule has 1 fully saturated rings. The van der Waals surface area contributed by atoms with Gasteiger partial charge in [-0.2, -0.15) is 0 Å². The number of halogens is 1. The van der Waals surface area contributed by atoms with Crippen LogP contribution in [-0.4, -0.2) is 13.2 Å². The van der Waals surface area contributed by atoms with Gasteiger partial charge in [-0.15, -0.1) is 11.3 Å². The van der Waals surface area contributed by atoms with E-state index in [1.165, 1.54) is 4.88 Å². The molecule has 72 valence electrons. The molecule has 0 spiro atoms. The predicted molar refractivity (Wildman–Crippen MR) is 55.2 cm³/mol. The topological polar surface area (TPSA) is 35.2 Å². The number of ether oxygens (including phenoxy) is 1. The molecule has 0 saturated carbocycles. The van der Waals surface area contributed by atoms with Gasteiger partial charge < -0.3 is 10.5 Å². The molecule has 1 aromatic rings. The van der Waals surface area contributed by atoms with Crippen LogP contribution in [0.5, 0.6) is 0 Å². The molecule has 0 atom stereocenters. The summed E-state index contributed by atoms with van der Waals surface area (Å²) in [5, 5.41) is 0. The molecule has 0 bridgehead atoms. The lowest BCUT2D eigenvalue weighted by Gasteiger charge is -2.32. The molecule has 0 aliphatic carbocycles. The molecule has 0 aromatic carbocycles. The lowest BCUT2D eigenvalue weighted by molar-refractivity contribution is 0.0534. The molecule has 1 aromatic heterocycles. The zero-order chi connectivity index (χ0) is 9.31. The van der Waals surface area contributed by atoms with Crippen molar-refractivity contribution in [3.63, 3.8) is 0 Å². The van der Waals surface area contributed by atoms with Gasteiger partial charge in [0.05, 0.1) is 9.88 Å². The number of nitrogens with two attached hydrogens (primary N) is 1. The highest BCUT2D eigenvalue weighted by Gasteiger charge is 2.31. The van der Waals surface area contributed by atoms with Crippen molar-refractivity contribution >= 4 is 22.9 Å². The molecular weight excluding hydrogens is 206 g/mol. The van der Waals surface area contributed by atoms with Crippen molar-refractivity contribution in [1.82, 2.24) is 0 Å². The van der Waals surface area contributed by atoms with Gasteiger partial charge in [-0.25, -0.2) is 0 Å². The lowest BCUT2D eigenvalue weighted by atomic mass is 9.90. The average Bonchev–Trinajstić information content (AvgIpc) is 2.54. The van der Waals surface area contributed by atoms with Gasteiger partial charge in [-0.3, -0.25) is 0 Å². The van der Waals surface area contributed by atoms with Crippen LogP contribution in [0.2, 0.25) is 4.34 Å². The minimum Gasteiger partial charge on any atom is -0.381 e. The minimum absolute atomic E-state index is 0.198. The van der Waals surface area contributed by atoms with Crippen molar-refractivity contribution in [2.45, 2.75) is 18.4 Å². The van der Waals surface area contributed by atoms with Crippen LogP contribution in [0, 0.1) is 0 Å². The monoisotopic (exact) mass is 217 g/mol. The third-order valence-electron chi connectivity index (χ3n) is 2.45. The van der Waals surface area contributed by atoms with E-state index in [9.17, 15) is 0 Å². The molecular formula is C9H12ClNOS. The van der Waals surface area contributed by atoms with Crippen LogP contribution >= 0.6 is 22.9 Å². The van der Waals surface area contributed by atoms with Crippen LogP contribution < -0.4 is 5.73 Å². The molecule has 2 rings (SSSR count). The van der Waals surface area contributed by atoms with E-state index in [0.29, 0.717) is 0 Å². The Hall–Kier alpha value is -0.0900. The van der Waals surface area contributed by atoms with Crippen molar-refractivity contribution < 1.29 is 4.74 Å². The average molecular weight is 218 g/mol. The summed E-state index contributed by atoms with van der Waals surface area (Å²) in [4.78, 5) is 1.18. The van der Waals surface area contributed by atoms with Gasteiger partial charge in [0, 0.05) is 18.1 Å². The largest absolute Gasteiger partial charge is 0.381 e. The van der Waals surface area contributed by atoms with E-state index in [0.717, 1.165) is 30.4 Å². The minimum atomic E-state index is -0.198. The van der Waals surface area contributed by atoms with Gasteiger partial charge in [0.15, 0.2) is 0 Å². The standard InChI is InChI=1S/C9H12ClNOS/c10-8-2-1-7(13-8)9(11)3-5-12-6-4-9/h1-2H,3-6,11H2. The Morgan fingerprint density at radius 3 is 2.62 bits per heavy atom. The van der Waals surface area contributed by atoms with Crippen LogP contribution in [0.3, 0.4) is 0 Å². The summed E-state index contributed by atoms with van der Waals surface area (Å²) < 4.78 is 6.10. The molecule has 2 N–H and O–H groups in total. The molecule has 2 nitrogen and oxygen atoms in total. The van der Waals surface area contributed by atoms with Crippen molar-refractivity contribution in [3.8, 4) is 0 Å². The highest BCUT2D eigenvalue weighted by molar-refractivity contribution is 7.16. The maximum atomic E-state index is 6.27. The molecule has 4 heteroatoms. The predicted octanol–water partition coefficient (Wildman–Crippen LogP) is 2.37. The maximum Gasteiger partial charge on any atom is 0.0931 e. The van der Waals surface area contributed by atoms with Gasteiger partial charge in [-0.05, 0) is 25.0 Å². The Morgan fingerprint density at radius 1 is 1.38 bits per heavy atom. The first kappa shape index (κ1) is 9.46. The number of rotatable bonds is 1. The van der Waals surface area contributed by atoms with Crippen LogP contribution in [0.15, 0.2) is 12.1 Å². The maximum absolute atomic E-state index is 6.27. The number of hydrogen-bond donors (Lipinski definition) is 1. The van der Waals surface area contributed by atoms with Crippen LogP contribution in [0.25, 0.3) is 0 Å². The summed E-state index contributed by atoms with van der Waals surface area (Å²) in [6, 6.07) is 3.93. The smallest absolute Gasteiger partial charge is 0.0931 e. The first-order valence-electron chi connectivity index (χ1n) is 4.33. The second kappa shape index (κ2) is 3.58. The van der Waals surface area contributed by atoms with Crippen LogP contribution in [0.1, 0.15) is 17.7 Å². The van der Waals surface area contributed by atoms with E-state index in [4.69, 9.17) is 22.1 Å². The first-order valence-corrected chi connectivity index (χ1v) is 5.53. The Morgan fingerprint density at radius 2 is 2.08 bits per heavy atom. The Balaban J connectivity index is 2.22. The van der Waals surface area contributed by atoms with Gasteiger partial charge in [0.1, 0.15) is 0 Å². The van der Waals surface area contributed by atoms with Crippen LogP contribution in [-0.2, 0) is 10.3 Å². The summed E-state index contributed by atoms with van der Waals surface area (Å²) in [5.74, 6) is 0. The molecule has 0 amide bonds. The van der Waals surface area contributed by atoms with E-state index in [2.05, 4.69) is 0 Å². The molecule has 1 saturated heterocycles. The number of thiophene rings is 1. The Kier molecular flexibility index (Phi) is 2.60. The second-order valence-electron chi connectivity index (χ2n) is 3.37. The van der Waals surface area contributed by atoms with E-state index in [1.807, 2.05) is 12.1 Å². The highest BCUT2D eigenvalue weighted by Crippen LogP contribution is 2.35. The molecule has 0 unspecified atom stereocenters. The van der Waals surface area contributed by atoms with Gasteiger partial charge in [0.2, 0.25) is 0 Å². The first-order chi connectivity index (χ1) is 6.21. The Labute approximate surface area is 86.6 Å². The van der Waals surface area contributed by atoms with E-state index in [-0.39, 0.29) is 5.54 Å². The number of hydrogen-bond acceptors (Lipinski definition) is 3. The third-order valence-corrected chi connectivity index (χ3v) is 3.90.